The summed E-state index contributed by atoms with van der Waals surface area (Å²) in [5, 5.41) is 11.8. The molecule has 1 amide bonds. The third-order valence-electron chi connectivity index (χ3n) is 3.55. The number of hydrogen-bond donors (Lipinski definition) is 2. The van der Waals surface area contributed by atoms with Crippen molar-refractivity contribution in [2.24, 2.45) is 22.7 Å². The maximum atomic E-state index is 11.8. The third kappa shape index (κ3) is 3.20. The van der Waals surface area contributed by atoms with Gasteiger partial charge in [0, 0.05) is 6.54 Å². The topological polar surface area (TPSA) is 66.4 Å². The number of aliphatic carboxylic acids is 1. The Morgan fingerprint density at radius 3 is 2.12 bits per heavy atom. The summed E-state index contributed by atoms with van der Waals surface area (Å²) in [6.45, 7) is 10.6. The lowest BCUT2D eigenvalue weighted by molar-refractivity contribution is -0.140. The van der Waals surface area contributed by atoms with Crippen molar-refractivity contribution in [1.29, 1.82) is 0 Å². The molecular weight excluding hydrogens is 218 g/mol. The second kappa shape index (κ2) is 4.31. The Balaban J connectivity index is 2.43. The molecule has 4 nitrogen and oxygen atoms in total. The highest BCUT2D eigenvalue weighted by Gasteiger charge is 2.65. The number of hydrogen-bond acceptors (Lipinski definition) is 2. The molecule has 0 bridgehead atoms. The summed E-state index contributed by atoms with van der Waals surface area (Å²) >= 11 is 0. The summed E-state index contributed by atoms with van der Waals surface area (Å²) in [4.78, 5) is 22.8. The van der Waals surface area contributed by atoms with Crippen LogP contribution in [0.25, 0.3) is 0 Å². The quantitative estimate of drug-likeness (QED) is 0.790. The van der Waals surface area contributed by atoms with E-state index in [1.165, 1.54) is 0 Å². The molecule has 0 radical (unpaired) electrons. The number of carbonyl (C=O) groups excluding carboxylic acids is 1. The molecule has 0 aromatic heterocycles. The van der Waals surface area contributed by atoms with Crippen molar-refractivity contribution in [2.45, 2.75) is 41.0 Å². The standard InChI is InChI=1S/C13H23NO3/c1-12(2,3)6-7-14-10(15)8-9(11(16)17)13(8,4)5/h8-9H,6-7H2,1-5H3,(H,14,15)(H,16,17). The maximum absolute atomic E-state index is 11.8. The van der Waals surface area contributed by atoms with E-state index in [0.29, 0.717) is 6.54 Å². The van der Waals surface area contributed by atoms with Crippen LogP contribution in [0, 0.1) is 22.7 Å². The zero-order chi connectivity index (χ0) is 13.4. The first-order chi connectivity index (χ1) is 7.57. The normalized spacial score (nSPS) is 26.4. The van der Waals surface area contributed by atoms with Gasteiger partial charge in [-0.2, -0.15) is 0 Å². The van der Waals surface area contributed by atoms with Gasteiger partial charge in [0.2, 0.25) is 5.91 Å². The molecule has 0 spiro atoms. The second-order valence-electron chi connectivity index (χ2n) is 6.72. The minimum Gasteiger partial charge on any atom is -0.481 e. The number of carboxylic acids is 1. The fourth-order valence-electron chi connectivity index (χ4n) is 2.26. The molecule has 2 unspecified atom stereocenters. The molecule has 0 saturated heterocycles. The van der Waals surface area contributed by atoms with Crippen molar-refractivity contribution in [3.63, 3.8) is 0 Å². The molecular formula is C13H23NO3. The average molecular weight is 241 g/mol. The molecule has 0 heterocycles. The van der Waals surface area contributed by atoms with Gasteiger partial charge in [0.1, 0.15) is 0 Å². The Morgan fingerprint density at radius 2 is 1.76 bits per heavy atom. The van der Waals surface area contributed by atoms with Gasteiger partial charge in [0.05, 0.1) is 11.8 Å². The molecule has 0 aliphatic heterocycles. The van der Waals surface area contributed by atoms with Crippen molar-refractivity contribution < 1.29 is 14.7 Å². The van der Waals surface area contributed by atoms with E-state index in [1.54, 1.807) is 0 Å². The first-order valence-corrected chi connectivity index (χ1v) is 6.08. The molecule has 4 heteroatoms. The van der Waals surface area contributed by atoms with E-state index in [0.717, 1.165) is 6.42 Å². The van der Waals surface area contributed by atoms with Crippen LogP contribution in [0.5, 0.6) is 0 Å². The van der Waals surface area contributed by atoms with Gasteiger partial charge in [0.25, 0.3) is 0 Å². The molecule has 98 valence electrons. The number of carboxylic acid groups (broad SMARTS) is 1. The van der Waals surface area contributed by atoms with Gasteiger partial charge in [0.15, 0.2) is 0 Å². The summed E-state index contributed by atoms with van der Waals surface area (Å²) in [6, 6.07) is 0. The fourth-order valence-corrected chi connectivity index (χ4v) is 2.26. The summed E-state index contributed by atoms with van der Waals surface area (Å²) < 4.78 is 0. The lowest BCUT2D eigenvalue weighted by atomic mass is 9.92. The largest absolute Gasteiger partial charge is 0.481 e. The van der Waals surface area contributed by atoms with Gasteiger partial charge in [-0.25, -0.2) is 0 Å². The van der Waals surface area contributed by atoms with Gasteiger partial charge in [-0.3, -0.25) is 9.59 Å². The highest BCUT2D eigenvalue weighted by atomic mass is 16.4. The summed E-state index contributed by atoms with van der Waals surface area (Å²) in [7, 11) is 0. The zero-order valence-electron chi connectivity index (χ0n) is 11.3. The smallest absolute Gasteiger partial charge is 0.307 e. The Hall–Kier alpha value is -1.06. The van der Waals surface area contributed by atoms with Crippen molar-refractivity contribution in [3.8, 4) is 0 Å². The SMILES string of the molecule is CC(C)(C)CCNC(=O)C1C(C(=O)O)C1(C)C. The second-order valence-corrected chi connectivity index (χ2v) is 6.72. The van der Waals surface area contributed by atoms with E-state index in [4.69, 9.17) is 5.11 Å². The van der Waals surface area contributed by atoms with Crippen molar-refractivity contribution >= 4 is 11.9 Å². The van der Waals surface area contributed by atoms with Crippen LogP contribution < -0.4 is 5.32 Å². The van der Waals surface area contributed by atoms with Crippen LogP contribution in [-0.4, -0.2) is 23.5 Å². The fraction of sp³-hybridized carbons (Fsp3) is 0.846. The number of rotatable bonds is 4. The molecule has 1 saturated carbocycles. The Bertz CT molecular complexity index is 328. The Kier molecular flexibility index (Phi) is 3.55. The van der Waals surface area contributed by atoms with E-state index in [9.17, 15) is 9.59 Å². The highest BCUT2D eigenvalue weighted by molar-refractivity contribution is 5.91. The lowest BCUT2D eigenvalue weighted by Gasteiger charge is -2.18. The van der Waals surface area contributed by atoms with Crippen LogP contribution in [-0.2, 0) is 9.59 Å². The van der Waals surface area contributed by atoms with Crippen LogP contribution in [0.3, 0.4) is 0 Å². The minimum absolute atomic E-state index is 0.119. The van der Waals surface area contributed by atoms with E-state index in [2.05, 4.69) is 26.1 Å². The molecule has 0 aromatic rings. The van der Waals surface area contributed by atoms with E-state index >= 15 is 0 Å². The predicted octanol–water partition coefficient (Wildman–Crippen LogP) is 1.90. The van der Waals surface area contributed by atoms with E-state index in [1.807, 2.05) is 13.8 Å². The maximum Gasteiger partial charge on any atom is 0.307 e. The minimum atomic E-state index is -0.869. The van der Waals surface area contributed by atoms with Crippen LogP contribution >= 0.6 is 0 Å². The van der Waals surface area contributed by atoms with E-state index in [-0.39, 0.29) is 17.2 Å². The molecule has 2 atom stereocenters. The zero-order valence-corrected chi connectivity index (χ0v) is 11.3. The molecule has 1 aliphatic carbocycles. The van der Waals surface area contributed by atoms with Crippen molar-refractivity contribution in [2.75, 3.05) is 6.54 Å². The first-order valence-electron chi connectivity index (χ1n) is 6.08. The van der Waals surface area contributed by atoms with Gasteiger partial charge < -0.3 is 10.4 Å². The van der Waals surface area contributed by atoms with Gasteiger partial charge in [-0.1, -0.05) is 34.6 Å². The number of amides is 1. The van der Waals surface area contributed by atoms with Gasteiger partial charge >= 0.3 is 5.97 Å². The predicted molar refractivity (Wildman–Crippen MR) is 65.5 cm³/mol. The van der Waals surface area contributed by atoms with Crippen LogP contribution in [0.15, 0.2) is 0 Å². The molecule has 2 N–H and O–H groups in total. The first kappa shape index (κ1) is 14.0. The highest BCUT2D eigenvalue weighted by Crippen LogP contribution is 2.58. The van der Waals surface area contributed by atoms with E-state index < -0.39 is 17.3 Å². The van der Waals surface area contributed by atoms with Crippen molar-refractivity contribution in [3.05, 3.63) is 0 Å². The lowest BCUT2D eigenvalue weighted by Crippen LogP contribution is -2.30. The molecule has 1 rings (SSSR count). The summed E-state index contributed by atoms with van der Waals surface area (Å²) in [6.07, 6.45) is 0.892. The Morgan fingerprint density at radius 1 is 1.24 bits per heavy atom. The van der Waals surface area contributed by atoms with Crippen LogP contribution in [0.1, 0.15) is 41.0 Å². The van der Waals surface area contributed by atoms with Crippen LogP contribution in [0.2, 0.25) is 0 Å². The van der Waals surface area contributed by atoms with Crippen LogP contribution in [0.4, 0.5) is 0 Å². The summed E-state index contributed by atoms with van der Waals surface area (Å²) in [5.74, 6) is -1.89. The molecule has 0 aromatic carbocycles. The molecule has 1 aliphatic rings. The van der Waals surface area contributed by atoms with Crippen molar-refractivity contribution in [1.82, 2.24) is 5.32 Å². The summed E-state index contributed by atoms with van der Waals surface area (Å²) in [5.41, 5.74) is -0.226. The average Bonchev–Trinajstić information content (AvgIpc) is 2.66. The number of nitrogens with one attached hydrogen (secondary N) is 1. The van der Waals surface area contributed by atoms with Gasteiger partial charge in [-0.05, 0) is 17.3 Å². The Labute approximate surface area is 103 Å². The van der Waals surface area contributed by atoms with Gasteiger partial charge in [-0.15, -0.1) is 0 Å². The monoisotopic (exact) mass is 241 g/mol. The molecule has 17 heavy (non-hydrogen) atoms. The third-order valence-corrected chi connectivity index (χ3v) is 3.55. The number of carbonyl (C=O) groups is 2. The molecule has 1 fully saturated rings.